The highest BCUT2D eigenvalue weighted by Gasteiger charge is 2.18. The maximum atomic E-state index is 6.06. The smallest absolute Gasteiger partial charge is 0.179 e. The molecule has 0 spiro atoms. The van der Waals surface area contributed by atoms with Crippen molar-refractivity contribution in [2.24, 2.45) is 0 Å². The van der Waals surface area contributed by atoms with Crippen LogP contribution < -0.4 is 4.90 Å². The van der Waals surface area contributed by atoms with Crippen LogP contribution in [0.2, 0.25) is 5.02 Å². The van der Waals surface area contributed by atoms with Gasteiger partial charge in [0.2, 0.25) is 0 Å². The van der Waals surface area contributed by atoms with Gasteiger partial charge in [-0.3, -0.25) is 4.90 Å². The van der Waals surface area contributed by atoms with Crippen LogP contribution in [-0.2, 0) is 6.54 Å². The molecule has 1 fully saturated rings. The second-order valence-electron chi connectivity index (χ2n) is 5.74. The quantitative estimate of drug-likeness (QED) is 0.737. The Morgan fingerprint density at radius 3 is 2.78 bits per heavy atom. The van der Waals surface area contributed by atoms with E-state index in [9.17, 15) is 0 Å². The third-order valence-corrected chi connectivity index (χ3v) is 4.42. The van der Waals surface area contributed by atoms with Gasteiger partial charge in [-0.2, -0.15) is 5.10 Å². The van der Waals surface area contributed by atoms with Crippen molar-refractivity contribution in [2.45, 2.75) is 6.54 Å². The van der Waals surface area contributed by atoms with Crippen LogP contribution in [-0.4, -0.2) is 50.9 Å². The van der Waals surface area contributed by atoms with Crippen molar-refractivity contribution in [3.8, 4) is 0 Å². The van der Waals surface area contributed by atoms with Crippen LogP contribution in [0.5, 0.6) is 0 Å². The van der Waals surface area contributed by atoms with Gasteiger partial charge in [0.05, 0.1) is 11.9 Å². The molecule has 1 saturated heterocycles. The minimum absolute atomic E-state index is 0.781. The lowest BCUT2D eigenvalue weighted by atomic mass is 10.2. The lowest BCUT2D eigenvalue weighted by Crippen LogP contribution is -2.46. The number of piperazine rings is 1. The van der Waals surface area contributed by atoms with Crippen molar-refractivity contribution in [1.29, 1.82) is 0 Å². The normalized spacial score (nSPS) is 16.1. The number of rotatable bonds is 3. The Morgan fingerprint density at radius 1 is 1.09 bits per heavy atom. The average Bonchev–Trinajstić information content (AvgIpc) is 3.03. The zero-order valence-electron chi connectivity index (χ0n) is 12.6. The van der Waals surface area contributed by atoms with E-state index >= 15 is 0 Å². The van der Waals surface area contributed by atoms with E-state index in [-0.39, 0.29) is 0 Å². The summed E-state index contributed by atoms with van der Waals surface area (Å²) in [4.78, 5) is 4.79. The molecule has 0 N–H and O–H groups in total. The van der Waals surface area contributed by atoms with E-state index in [2.05, 4.69) is 31.2 Å². The molecule has 0 bridgehead atoms. The first kappa shape index (κ1) is 14.4. The van der Waals surface area contributed by atoms with Crippen molar-refractivity contribution in [3.05, 3.63) is 53.4 Å². The molecule has 7 heteroatoms. The summed E-state index contributed by atoms with van der Waals surface area (Å²) in [5.41, 5.74) is 3.15. The maximum Gasteiger partial charge on any atom is 0.179 e. The predicted octanol–water partition coefficient (Wildman–Crippen LogP) is 2.10. The Hall–Kier alpha value is -2.18. The lowest BCUT2D eigenvalue weighted by Gasteiger charge is -2.35. The van der Waals surface area contributed by atoms with E-state index in [1.807, 2.05) is 30.5 Å². The molecule has 0 unspecified atom stereocenters. The van der Waals surface area contributed by atoms with Gasteiger partial charge in [-0.15, -0.1) is 10.2 Å². The average molecular weight is 329 g/mol. The Balaban J connectivity index is 1.40. The molecule has 3 aromatic rings. The van der Waals surface area contributed by atoms with Crippen LogP contribution in [0.25, 0.3) is 5.65 Å². The fourth-order valence-electron chi connectivity index (χ4n) is 2.94. The standard InChI is InChI=1S/C16H17ClN6/c17-14-3-1-2-13(8-14)11-21-4-6-22(7-5-21)15-9-16-20-18-12-23(16)19-10-15/h1-3,8-10,12H,4-7,11H2. The molecule has 0 amide bonds. The molecule has 3 heterocycles. The lowest BCUT2D eigenvalue weighted by molar-refractivity contribution is 0.250. The van der Waals surface area contributed by atoms with Gasteiger partial charge in [0, 0.05) is 43.8 Å². The first-order chi connectivity index (χ1) is 11.3. The summed E-state index contributed by atoms with van der Waals surface area (Å²) in [5, 5.41) is 13.1. The molecule has 0 radical (unpaired) electrons. The molecule has 23 heavy (non-hydrogen) atoms. The maximum absolute atomic E-state index is 6.06. The highest BCUT2D eigenvalue weighted by molar-refractivity contribution is 6.30. The van der Waals surface area contributed by atoms with Gasteiger partial charge in [0.25, 0.3) is 0 Å². The molecule has 1 aliphatic rings. The first-order valence-electron chi connectivity index (χ1n) is 7.66. The molecule has 1 aliphatic heterocycles. The minimum atomic E-state index is 0.781. The number of halogens is 1. The molecule has 2 aromatic heterocycles. The number of aromatic nitrogens is 4. The zero-order valence-corrected chi connectivity index (χ0v) is 13.4. The topological polar surface area (TPSA) is 49.6 Å². The van der Waals surface area contributed by atoms with E-state index in [0.717, 1.165) is 49.1 Å². The van der Waals surface area contributed by atoms with Gasteiger partial charge >= 0.3 is 0 Å². The Labute approximate surface area is 139 Å². The van der Waals surface area contributed by atoms with Gasteiger partial charge in [-0.25, -0.2) is 4.52 Å². The van der Waals surface area contributed by atoms with Crippen molar-refractivity contribution < 1.29 is 0 Å². The third kappa shape index (κ3) is 3.13. The van der Waals surface area contributed by atoms with E-state index in [0.29, 0.717) is 0 Å². The van der Waals surface area contributed by atoms with Gasteiger partial charge in [0.15, 0.2) is 5.65 Å². The fraction of sp³-hybridized carbons (Fsp3) is 0.312. The second-order valence-corrected chi connectivity index (χ2v) is 6.18. The zero-order chi connectivity index (χ0) is 15.6. The molecule has 0 saturated carbocycles. The first-order valence-corrected chi connectivity index (χ1v) is 8.03. The molecule has 6 nitrogen and oxygen atoms in total. The summed E-state index contributed by atoms with van der Waals surface area (Å²) in [7, 11) is 0. The molecule has 4 rings (SSSR count). The van der Waals surface area contributed by atoms with Crippen molar-refractivity contribution >= 4 is 22.9 Å². The minimum Gasteiger partial charge on any atom is -0.368 e. The largest absolute Gasteiger partial charge is 0.368 e. The van der Waals surface area contributed by atoms with Crippen LogP contribution >= 0.6 is 11.6 Å². The van der Waals surface area contributed by atoms with E-state index in [1.165, 1.54) is 5.56 Å². The highest BCUT2D eigenvalue weighted by atomic mass is 35.5. The van der Waals surface area contributed by atoms with Crippen molar-refractivity contribution in [1.82, 2.24) is 24.7 Å². The summed E-state index contributed by atoms with van der Waals surface area (Å²) < 4.78 is 1.68. The van der Waals surface area contributed by atoms with Gasteiger partial charge in [-0.1, -0.05) is 23.7 Å². The number of benzene rings is 1. The van der Waals surface area contributed by atoms with Crippen LogP contribution in [0.1, 0.15) is 5.56 Å². The summed E-state index contributed by atoms with van der Waals surface area (Å²) >= 11 is 6.06. The summed E-state index contributed by atoms with van der Waals surface area (Å²) in [6, 6.07) is 10.1. The van der Waals surface area contributed by atoms with E-state index < -0.39 is 0 Å². The van der Waals surface area contributed by atoms with Gasteiger partial charge in [0.1, 0.15) is 6.33 Å². The molecule has 0 atom stereocenters. The number of hydrogen-bond donors (Lipinski definition) is 0. The van der Waals surface area contributed by atoms with Crippen LogP contribution in [0.4, 0.5) is 5.69 Å². The van der Waals surface area contributed by atoms with Crippen molar-refractivity contribution in [3.63, 3.8) is 0 Å². The van der Waals surface area contributed by atoms with Crippen molar-refractivity contribution in [2.75, 3.05) is 31.1 Å². The molecule has 118 valence electrons. The molecular weight excluding hydrogens is 312 g/mol. The molecule has 1 aromatic carbocycles. The third-order valence-electron chi connectivity index (χ3n) is 4.18. The van der Waals surface area contributed by atoms with Gasteiger partial charge in [-0.05, 0) is 17.7 Å². The summed E-state index contributed by atoms with van der Waals surface area (Å²) in [6.45, 7) is 4.93. The van der Waals surface area contributed by atoms with Crippen LogP contribution in [0, 0.1) is 0 Å². The SMILES string of the molecule is Clc1cccc(CN2CCN(c3cnn4cnnc4c3)CC2)c1. The molecular formula is C16H17ClN6. The number of nitrogens with zero attached hydrogens (tertiary/aromatic N) is 6. The number of hydrogen-bond acceptors (Lipinski definition) is 5. The summed E-state index contributed by atoms with van der Waals surface area (Å²) in [5.74, 6) is 0. The second kappa shape index (κ2) is 6.14. The number of anilines is 1. The Kier molecular flexibility index (Phi) is 3.85. The van der Waals surface area contributed by atoms with Crippen LogP contribution in [0.3, 0.4) is 0 Å². The molecule has 0 aliphatic carbocycles. The Morgan fingerprint density at radius 2 is 1.96 bits per heavy atom. The highest BCUT2D eigenvalue weighted by Crippen LogP contribution is 2.18. The predicted molar refractivity (Wildman–Crippen MR) is 89.7 cm³/mol. The Bertz CT molecular complexity index is 809. The monoisotopic (exact) mass is 328 g/mol. The fourth-order valence-corrected chi connectivity index (χ4v) is 3.16. The van der Waals surface area contributed by atoms with E-state index in [4.69, 9.17) is 11.6 Å². The van der Waals surface area contributed by atoms with Crippen LogP contribution in [0.15, 0.2) is 42.9 Å². The summed E-state index contributed by atoms with van der Waals surface area (Å²) in [6.07, 6.45) is 3.49. The number of fused-ring (bicyclic) bond motifs is 1. The van der Waals surface area contributed by atoms with Gasteiger partial charge < -0.3 is 4.90 Å². The van der Waals surface area contributed by atoms with E-state index in [1.54, 1.807) is 10.8 Å².